The number of anilines is 1. The Morgan fingerprint density at radius 3 is 2.55 bits per heavy atom. The minimum absolute atomic E-state index is 0.0868. The Morgan fingerprint density at radius 1 is 1.30 bits per heavy atom. The molecular weight excluding hydrogens is 260 g/mol. The SMILES string of the molecule is CC(C)c1nnc(CNc2ccc(C(=O)O)nn2)n1C. The van der Waals surface area contributed by atoms with Gasteiger partial charge in [-0.3, -0.25) is 0 Å². The summed E-state index contributed by atoms with van der Waals surface area (Å²) in [5, 5.41) is 27.4. The van der Waals surface area contributed by atoms with Gasteiger partial charge in [0.15, 0.2) is 11.5 Å². The van der Waals surface area contributed by atoms with E-state index in [0.717, 1.165) is 11.6 Å². The smallest absolute Gasteiger partial charge is 0.356 e. The van der Waals surface area contributed by atoms with E-state index in [4.69, 9.17) is 5.11 Å². The molecule has 0 fully saturated rings. The number of carbonyl (C=O) groups is 1. The first-order chi connectivity index (χ1) is 9.49. The number of nitrogens with one attached hydrogen (secondary N) is 1. The van der Waals surface area contributed by atoms with Gasteiger partial charge in [0.25, 0.3) is 0 Å². The fourth-order valence-corrected chi connectivity index (χ4v) is 1.74. The molecule has 0 amide bonds. The van der Waals surface area contributed by atoms with Gasteiger partial charge in [-0.05, 0) is 12.1 Å². The standard InChI is InChI=1S/C12H16N6O2/c1-7(2)11-17-16-10(18(11)3)6-13-9-5-4-8(12(19)20)14-15-9/h4-5,7H,6H2,1-3H3,(H,13,15)(H,19,20). The minimum atomic E-state index is -1.10. The molecule has 0 saturated carbocycles. The Bertz CT molecular complexity index is 605. The Balaban J connectivity index is 2.03. The molecule has 0 bridgehead atoms. The molecule has 20 heavy (non-hydrogen) atoms. The Labute approximate surface area is 115 Å². The third-order valence-corrected chi connectivity index (χ3v) is 2.83. The zero-order chi connectivity index (χ0) is 14.7. The van der Waals surface area contributed by atoms with Crippen LogP contribution in [0.2, 0.25) is 0 Å². The average Bonchev–Trinajstić information content (AvgIpc) is 2.78. The molecule has 0 aliphatic carbocycles. The van der Waals surface area contributed by atoms with Gasteiger partial charge in [-0.1, -0.05) is 13.8 Å². The minimum Gasteiger partial charge on any atom is -0.476 e. The van der Waals surface area contributed by atoms with Crippen molar-refractivity contribution in [1.82, 2.24) is 25.0 Å². The van der Waals surface area contributed by atoms with Crippen LogP contribution in [-0.4, -0.2) is 36.0 Å². The normalized spacial score (nSPS) is 10.8. The van der Waals surface area contributed by atoms with E-state index in [1.54, 1.807) is 6.07 Å². The monoisotopic (exact) mass is 276 g/mol. The third-order valence-electron chi connectivity index (χ3n) is 2.83. The van der Waals surface area contributed by atoms with Crippen molar-refractivity contribution in [3.8, 4) is 0 Å². The van der Waals surface area contributed by atoms with Crippen LogP contribution in [0.3, 0.4) is 0 Å². The first-order valence-electron chi connectivity index (χ1n) is 6.18. The van der Waals surface area contributed by atoms with Crippen LogP contribution in [0.15, 0.2) is 12.1 Å². The first kappa shape index (κ1) is 13.9. The summed E-state index contributed by atoms with van der Waals surface area (Å²) in [6, 6.07) is 2.96. The highest BCUT2D eigenvalue weighted by atomic mass is 16.4. The lowest BCUT2D eigenvalue weighted by atomic mass is 10.2. The summed E-state index contributed by atoms with van der Waals surface area (Å²) in [6.07, 6.45) is 0. The van der Waals surface area contributed by atoms with Crippen LogP contribution in [0, 0.1) is 0 Å². The molecule has 0 radical (unpaired) electrons. The number of aromatic carboxylic acids is 1. The summed E-state index contributed by atoms with van der Waals surface area (Å²) in [5.74, 6) is 1.38. The summed E-state index contributed by atoms with van der Waals surface area (Å²) >= 11 is 0. The topological polar surface area (TPSA) is 106 Å². The molecule has 0 aromatic carbocycles. The second-order valence-corrected chi connectivity index (χ2v) is 4.65. The van der Waals surface area contributed by atoms with Crippen molar-refractivity contribution >= 4 is 11.8 Å². The third kappa shape index (κ3) is 2.90. The van der Waals surface area contributed by atoms with Gasteiger partial charge >= 0.3 is 5.97 Å². The van der Waals surface area contributed by atoms with Crippen molar-refractivity contribution in [2.75, 3.05) is 5.32 Å². The summed E-state index contributed by atoms with van der Waals surface area (Å²) in [5.41, 5.74) is -0.0868. The Morgan fingerprint density at radius 2 is 2.05 bits per heavy atom. The quantitative estimate of drug-likeness (QED) is 0.840. The van der Waals surface area contributed by atoms with Gasteiger partial charge in [0, 0.05) is 13.0 Å². The van der Waals surface area contributed by atoms with Gasteiger partial charge < -0.3 is 15.0 Å². The largest absolute Gasteiger partial charge is 0.476 e. The van der Waals surface area contributed by atoms with E-state index in [1.165, 1.54) is 6.07 Å². The lowest BCUT2D eigenvalue weighted by molar-refractivity contribution is 0.0689. The molecule has 0 aliphatic rings. The zero-order valence-corrected chi connectivity index (χ0v) is 11.5. The molecule has 0 spiro atoms. The molecule has 2 N–H and O–H groups in total. The second kappa shape index (κ2) is 5.64. The lowest BCUT2D eigenvalue weighted by Gasteiger charge is -2.07. The van der Waals surface area contributed by atoms with Crippen molar-refractivity contribution < 1.29 is 9.90 Å². The maximum atomic E-state index is 10.7. The van der Waals surface area contributed by atoms with Gasteiger partial charge in [0.1, 0.15) is 11.6 Å². The van der Waals surface area contributed by atoms with Crippen LogP contribution in [0.5, 0.6) is 0 Å². The zero-order valence-electron chi connectivity index (χ0n) is 11.5. The van der Waals surface area contributed by atoms with Crippen LogP contribution in [0.4, 0.5) is 5.82 Å². The predicted octanol–water partition coefficient (Wildman–Crippen LogP) is 1.04. The second-order valence-electron chi connectivity index (χ2n) is 4.65. The summed E-state index contributed by atoms with van der Waals surface area (Å²) < 4.78 is 1.93. The molecule has 8 nitrogen and oxygen atoms in total. The molecular formula is C12H16N6O2. The summed E-state index contributed by atoms with van der Waals surface area (Å²) in [6.45, 7) is 4.55. The molecule has 8 heteroatoms. The van der Waals surface area contributed by atoms with Crippen LogP contribution >= 0.6 is 0 Å². The van der Waals surface area contributed by atoms with Crippen molar-refractivity contribution in [1.29, 1.82) is 0 Å². The molecule has 0 atom stereocenters. The molecule has 2 heterocycles. The van der Waals surface area contributed by atoms with E-state index in [2.05, 4.69) is 39.6 Å². The van der Waals surface area contributed by atoms with Gasteiger partial charge in [0.05, 0.1) is 6.54 Å². The van der Waals surface area contributed by atoms with Gasteiger partial charge in [-0.2, -0.15) is 0 Å². The van der Waals surface area contributed by atoms with Crippen LogP contribution < -0.4 is 5.32 Å². The summed E-state index contributed by atoms with van der Waals surface area (Å²) in [4.78, 5) is 10.7. The van der Waals surface area contributed by atoms with Crippen LogP contribution in [-0.2, 0) is 13.6 Å². The number of carboxylic acids is 1. The predicted molar refractivity (Wildman–Crippen MR) is 71.4 cm³/mol. The maximum absolute atomic E-state index is 10.7. The van der Waals surface area contributed by atoms with Gasteiger partial charge in [0.2, 0.25) is 0 Å². The highest BCUT2D eigenvalue weighted by molar-refractivity contribution is 5.85. The number of aromatic nitrogens is 5. The Kier molecular flexibility index (Phi) is 3.92. The van der Waals surface area contributed by atoms with Crippen molar-refractivity contribution in [3.63, 3.8) is 0 Å². The van der Waals surface area contributed by atoms with E-state index in [9.17, 15) is 4.79 Å². The maximum Gasteiger partial charge on any atom is 0.356 e. The van der Waals surface area contributed by atoms with Gasteiger partial charge in [-0.15, -0.1) is 20.4 Å². The number of hydrogen-bond donors (Lipinski definition) is 2. The van der Waals surface area contributed by atoms with E-state index in [-0.39, 0.29) is 5.69 Å². The molecule has 2 aromatic heterocycles. The number of carboxylic acid groups (broad SMARTS) is 1. The molecule has 106 valence electrons. The van der Waals surface area contributed by atoms with Crippen molar-refractivity contribution in [3.05, 3.63) is 29.5 Å². The molecule has 0 aliphatic heterocycles. The Hall–Kier alpha value is -2.51. The summed E-state index contributed by atoms with van der Waals surface area (Å²) in [7, 11) is 1.91. The van der Waals surface area contributed by atoms with E-state index < -0.39 is 5.97 Å². The van der Waals surface area contributed by atoms with E-state index in [0.29, 0.717) is 18.3 Å². The van der Waals surface area contributed by atoms with Crippen molar-refractivity contribution in [2.24, 2.45) is 7.05 Å². The average molecular weight is 276 g/mol. The molecule has 2 aromatic rings. The van der Waals surface area contributed by atoms with E-state index in [1.807, 2.05) is 11.6 Å². The number of nitrogens with zero attached hydrogens (tertiary/aromatic N) is 5. The fourth-order valence-electron chi connectivity index (χ4n) is 1.74. The van der Waals surface area contributed by atoms with Gasteiger partial charge in [-0.25, -0.2) is 4.79 Å². The number of hydrogen-bond acceptors (Lipinski definition) is 6. The molecule has 0 unspecified atom stereocenters. The number of rotatable bonds is 5. The molecule has 2 rings (SSSR count). The van der Waals surface area contributed by atoms with Crippen LogP contribution in [0.25, 0.3) is 0 Å². The first-order valence-corrected chi connectivity index (χ1v) is 6.18. The lowest BCUT2D eigenvalue weighted by Crippen LogP contribution is -2.10. The molecule has 0 saturated heterocycles. The van der Waals surface area contributed by atoms with E-state index >= 15 is 0 Å². The highest BCUT2D eigenvalue weighted by Crippen LogP contribution is 2.12. The fraction of sp³-hybridized carbons (Fsp3) is 0.417. The highest BCUT2D eigenvalue weighted by Gasteiger charge is 2.11. The van der Waals surface area contributed by atoms with Crippen molar-refractivity contribution in [2.45, 2.75) is 26.3 Å². The van der Waals surface area contributed by atoms with Crippen LogP contribution in [0.1, 0.15) is 41.9 Å².